The van der Waals surface area contributed by atoms with E-state index < -0.39 is 0 Å². The van der Waals surface area contributed by atoms with Crippen LogP contribution in [0.4, 0.5) is 0 Å². The van der Waals surface area contributed by atoms with Crippen LogP contribution in [0.5, 0.6) is 0 Å². The molecule has 0 amide bonds. The Morgan fingerprint density at radius 2 is 2.17 bits per heavy atom. The van der Waals surface area contributed by atoms with E-state index in [4.69, 9.17) is 4.74 Å². The van der Waals surface area contributed by atoms with E-state index >= 15 is 0 Å². The maximum absolute atomic E-state index is 12.6. The third-order valence-corrected chi connectivity index (χ3v) is 5.52. The van der Waals surface area contributed by atoms with Crippen molar-refractivity contribution in [1.29, 1.82) is 0 Å². The quantitative estimate of drug-likeness (QED) is 0.872. The minimum Gasteiger partial charge on any atom is -0.376 e. The molecule has 1 spiro atoms. The highest BCUT2D eigenvalue weighted by atomic mass is 16.5. The minimum atomic E-state index is -0.0112. The number of hydrogen-bond donors (Lipinski definition) is 0. The summed E-state index contributed by atoms with van der Waals surface area (Å²) in [6.45, 7) is 4.17. The van der Waals surface area contributed by atoms with Gasteiger partial charge in [-0.2, -0.15) is 5.10 Å². The molecule has 124 valence electrons. The predicted molar refractivity (Wildman–Crippen MR) is 87.3 cm³/mol. The molecule has 2 aromatic heterocycles. The van der Waals surface area contributed by atoms with Crippen molar-refractivity contribution in [2.24, 2.45) is 5.41 Å². The normalized spacial score (nSPS) is 23.8. The summed E-state index contributed by atoms with van der Waals surface area (Å²) in [5.74, 6) is 0. The van der Waals surface area contributed by atoms with Crippen LogP contribution in [-0.4, -0.2) is 32.0 Å². The van der Waals surface area contributed by atoms with Crippen molar-refractivity contribution in [2.75, 3.05) is 6.61 Å². The molecule has 0 aromatic carbocycles. The van der Waals surface area contributed by atoms with Gasteiger partial charge in [0, 0.05) is 6.54 Å². The molecule has 6 nitrogen and oxygen atoms in total. The van der Waals surface area contributed by atoms with Crippen LogP contribution in [0.2, 0.25) is 0 Å². The van der Waals surface area contributed by atoms with Crippen molar-refractivity contribution in [3.63, 3.8) is 0 Å². The van der Waals surface area contributed by atoms with Crippen molar-refractivity contribution in [1.82, 2.24) is 19.3 Å². The minimum absolute atomic E-state index is 0.0112. The Hall–Kier alpha value is -1.69. The largest absolute Gasteiger partial charge is 0.376 e. The summed E-state index contributed by atoms with van der Waals surface area (Å²) in [6.07, 6.45) is 11.0. The average Bonchev–Trinajstić information content (AvgIpc) is 3.16. The predicted octanol–water partition coefficient (Wildman–Crippen LogP) is 2.35. The third-order valence-electron chi connectivity index (χ3n) is 5.52. The van der Waals surface area contributed by atoms with E-state index in [-0.39, 0.29) is 11.7 Å². The van der Waals surface area contributed by atoms with E-state index in [2.05, 4.69) is 10.1 Å². The van der Waals surface area contributed by atoms with Crippen molar-refractivity contribution in [3.05, 3.63) is 22.9 Å². The molecule has 1 aliphatic heterocycles. The van der Waals surface area contributed by atoms with Crippen LogP contribution >= 0.6 is 0 Å². The lowest BCUT2D eigenvalue weighted by Crippen LogP contribution is -2.28. The molecule has 2 aromatic rings. The standard InChI is InChI=1S/C17H24N4O2/c1-2-21-15-14(9-19-21)16(22)20(12-18-15)10-13-8-17(11-23-13)6-4-3-5-7-17/h9,12-13H,2-8,10-11H2,1H3. The molecule has 1 atom stereocenters. The van der Waals surface area contributed by atoms with Gasteiger partial charge in [0.05, 0.1) is 25.5 Å². The number of nitrogens with zero attached hydrogens (tertiary/aromatic N) is 4. The van der Waals surface area contributed by atoms with Gasteiger partial charge in [-0.05, 0) is 31.6 Å². The number of aromatic nitrogens is 4. The van der Waals surface area contributed by atoms with Gasteiger partial charge in [-0.1, -0.05) is 19.3 Å². The maximum Gasteiger partial charge on any atom is 0.264 e. The fourth-order valence-corrected chi connectivity index (χ4v) is 4.24. The molecular formula is C17H24N4O2. The molecule has 1 unspecified atom stereocenters. The SMILES string of the molecule is CCn1ncc2c(=O)n(CC3CC4(CCCCC4)CO3)cnc21. The summed E-state index contributed by atoms with van der Waals surface area (Å²) in [6, 6.07) is 0. The zero-order valence-electron chi connectivity index (χ0n) is 13.7. The van der Waals surface area contributed by atoms with Crippen molar-refractivity contribution >= 4 is 11.0 Å². The van der Waals surface area contributed by atoms with Gasteiger partial charge in [-0.15, -0.1) is 0 Å². The number of fused-ring (bicyclic) bond motifs is 1. The van der Waals surface area contributed by atoms with Gasteiger partial charge >= 0.3 is 0 Å². The van der Waals surface area contributed by atoms with Gasteiger partial charge in [0.15, 0.2) is 5.65 Å². The van der Waals surface area contributed by atoms with Gasteiger partial charge in [0.2, 0.25) is 0 Å². The van der Waals surface area contributed by atoms with Gasteiger partial charge in [-0.3, -0.25) is 9.36 Å². The van der Waals surface area contributed by atoms with E-state index in [9.17, 15) is 4.79 Å². The van der Waals surface area contributed by atoms with Gasteiger partial charge in [0.25, 0.3) is 5.56 Å². The Kier molecular flexibility index (Phi) is 3.71. The van der Waals surface area contributed by atoms with Crippen LogP contribution in [0.3, 0.4) is 0 Å². The maximum atomic E-state index is 12.6. The Morgan fingerprint density at radius 3 is 2.96 bits per heavy atom. The van der Waals surface area contributed by atoms with E-state index in [1.54, 1.807) is 21.8 Å². The third kappa shape index (κ3) is 2.59. The molecule has 2 fully saturated rings. The van der Waals surface area contributed by atoms with Crippen LogP contribution in [0.25, 0.3) is 11.0 Å². The van der Waals surface area contributed by atoms with Crippen LogP contribution in [-0.2, 0) is 17.8 Å². The number of hydrogen-bond acceptors (Lipinski definition) is 4. The highest BCUT2D eigenvalue weighted by Gasteiger charge is 2.40. The molecule has 2 aliphatic rings. The first-order chi connectivity index (χ1) is 11.2. The van der Waals surface area contributed by atoms with Gasteiger partial charge in [-0.25, -0.2) is 9.67 Å². The Morgan fingerprint density at radius 1 is 1.35 bits per heavy atom. The fraction of sp³-hybridized carbons (Fsp3) is 0.706. The molecule has 23 heavy (non-hydrogen) atoms. The lowest BCUT2D eigenvalue weighted by molar-refractivity contribution is 0.0752. The number of aryl methyl sites for hydroxylation is 1. The Balaban J connectivity index is 1.54. The van der Waals surface area contributed by atoms with Crippen LogP contribution in [0, 0.1) is 5.41 Å². The van der Waals surface area contributed by atoms with E-state index in [0.29, 0.717) is 29.5 Å². The lowest BCUT2D eigenvalue weighted by atomic mass is 9.73. The second-order valence-electron chi connectivity index (χ2n) is 7.10. The number of ether oxygens (including phenoxy) is 1. The van der Waals surface area contributed by atoms with Crippen molar-refractivity contribution in [3.8, 4) is 0 Å². The molecule has 3 heterocycles. The van der Waals surface area contributed by atoms with Gasteiger partial charge < -0.3 is 4.74 Å². The first kappa shape index (κ1) is 14.9. The highest BCUT2D eigenvalue weighted by molar-refractivity contribution is 5.72. The van der Waals surface area contributed by atoms with Gasteiger partial charge in [0.1, 0.15) is 11.7 Å². The van der Waals surface area contributed by atoms with E-state index in [0.717, 1.165) is 13.0 Å². The van der Waals surface area contributed by atoms with Crippen LogP contribution in [0.1, 0.15) is 45.4 Å². The molecule has 0 N–H and O–H groups in total. The van der Waals surface area contributed by atoms with Crippen LogP contribution in [0.15, 0.2) is 17.3 Å². The first-order valence-electron chi connectivity index (χ1n) is 8.73. The molecule has 0 radical (unpaired) electrons. The first-order valence-corrected chi connectivity index (χ1v) is 8.73. The molecule has 0 bridgehead atoms. The summed E-state index contributed by atoms with van der Waals surface area (Å²) in [5.41, 5.74) is 1.03. The molecular weight excluding hydrogens is 292 g/mol. The second-order valence-corrected chi connectivity index (χ2v) is 7.10. The summed E-state index contributed by atoms with van der Waals surface area (Å²) >= 11 is 0. The summed E-state index contributed by atoms with van der Waals surface area (Å²) in [5, 5.41) is 4.82. The fourth-order valence-electron chi connectivity index (χ4n) is 4.24. The average molecular weight is 316 g/mol. The van der Waals surface area contributed by atoms with E-state index in [1.165, 1.54) is 32.1 Å². The highest BCUT2D eigenvalue weighted by Crippen LogP contribution is 2.45. The van der Waals surface area contributed by atoms with E-state index in [1.807, 2.05) is 6.92 Å². The zero-order chi connectivity index (χ0) is 15.9. The molecule has 1 saturated carbocycles. The molecule has 1 saturated heterocycles. The summed E-state index contributed by atoms with van der Waals surface area (Å²) in [4.78, 5) is 17.1. The van der Waals surface area contributed by atoms with Crippen molar-refractivity contribution < 1.29 is 4.74 Å². The van der Waals surface area contributed by atoms with Crippen LogP contribution < -0.4 is 5.56 Å². The topological polar surface area (TPSA) is 61.9 Å². The Labute approximate surface area is 135 Å². The second kappa shape index (κ2) is 5.74. The molecule has 4 rings (SSSR count). The Bertz CT molecular complexity index is 758. The molecule has 6 heteroatoms. The summed E-state index contributed by atoms with van der Waals surface area (Å²) in [7, 11) is 0. The smallest absolute Gasteiger partial charge is 0.264 e. The monoisotopic (exact) mass is 316 g/mol. The molecule has 1 aliphatic carbocycles. The lowest BCUT2D eigenvalue weighted by Gasteiger charge is -2.31. The van der Waals surface area contributed by atoms with Crippen molar-refractivity contribution in [2.45, 2.75) is 64.6 Å². The zero-order valence-corrected chi connectivity index (χ0v) is 13.7. The number of rotatable bonds is 3. The summed E-state index contributed by atoms with van der Waals surface area (Å²) < 4.78 is 9.48.